The Bertz CT molecular complexity index is 473. The Morgan fingerprint density at radius 2 is 2.00 bits per heavy atom. The zero-order valence-corrected chi connectivity index (χ0v) is 14.1. The van der Waals surface area contributed by atoms with Gasteiger partial charge in [-0.15, -0.1) is 11.3 Å². The van der Waals surface area contributed by atoms with E-state index in [9.17, 15) is 0 Å². The van der Waals surface area contributed by atoms with Crippen LogP contribution in [-0.2, 0) is 12.0 Å². The van der Waals surface area contributed by atoms with Gasteiger partial charge in [0, 0.05) is 10.9 Å². The summed E-state index contributed by atoms with van der Waals surface area (Å²) in [6, 6.07) is 0.747. The average molecular weight is 292 g/mol. The van der Waals surface area contributed by atoms with Gasteiger partial charge in [0.05, 0.1) is 11.2 Å². The third-order valence-electron chi connectivity index (χ3n) is 5.25. The fourth-order valence-electron chi connectivity index (χ4n) is 3.73. The summed E-state index contributed by atoms with van der Waals surface area (Å²) in [5, 5.41) is 5.39. The van der Waals surface area contributed by atoms with Crippen LogP contribution in [0, 0.1) is 18.8 Å². The van der Waals surface area contributed by atoms with Gasteiger partial charge in [0.25, 0.3) is 0 Å². The van der Waals surface area contributed by atoms with E-state index in [0.29, 0.717) is 5.92 Å². The van der Waals surface area contributed by atoms with Crippen LogP contribution in [0.3, 0.4) is 0 Å². The zero-order chi connectivity index (χ0) is 14.3. The van der Waals surface area contributed by atoms with Crippen LogP contribution in [-0.4, -0.2) is 11.0 Å². The molecule has 2 saturated carbocycles. The first-order valence-corrected chi connectivity index (χ1v) is 9.11. The van der Waals surface area contributed by atoms with Crippen molar-refractivity contribution in [2.45, 2.75) is 77.8 Å². The van der Waals surface area contributed by atoms with Gasteiger partial charge in [0.1, 0.15) is 5.01 Å². The molecule has 0 aliphatic heterocycles. The lowest BCUT2D eigenvalue weighted by atomic mass is 9.70. The number of rotatable bonds is 4. The maximum Gasteiger partial charge on any atom is 0.114 e. The molecule has 3 heteroatoms. The Morgan fingerprint density at radius 3 is 2.60 bits per heavy atom. The van der Waals surface area contributed by atoms with Crippen molar-refractivity contribution in [2.24, 2.45) is 11.8 Å². The molecule has 2 nitrogen and oxygen atoms in total. The van der Waals surface area contributed by atoms with Crippen LogP contribution in [0.15, 0.2) is 0 Å². The molecule has 0 bridgehead atoms. The largest absolute Gasteiger partial charge is 0.302 e. The molecule has 3 unspecified atom stereocenters. The van der Waals surface area contributed by atoms with E-state index in [1.54, 1.807) is 0 Å². The molecule has 3 atom stereocenters. The van der Waals surface area contributed by atoms with Crippen molar-refractivity contribution in [2.75, 3.05) is 0 Å². The summed E-state index contributed by atoms with van der Waals surface area (Å²) in [5.74, 6) is 1.52. The number of thiazole rings is 1. The van der Waals surface area contributed by atoms with E-state index in [0.717, 1.165) is 18.4 Å². The number of aryl methyl sites for hydroxylation is 2. The number of nitrogens with one attached hydrogen (secondary N) is 1. The van der Waals surface area contributed by atoms with Gasteiger partial charge < -0.3 is 5.32 Å². The van der Waals surface area contributed by atoms with Gasteiger partial charge in [-0.1, -0.05) is 27.2 Å². The van der Waals surface area contributed by atoms with E-state index in [1.807, 2.05) is 11.3 Å². The second-order valence-electron chi connectivity index (χ2n) is 7.05. The first-order chi connectivity index (χ1) is 9.55. The predicted molar refractivity (Wildman–Crippen MR) is 86.2 cm³/mol. The standard InChI is InChI=1S/C17H28N2S/c1-5-15-13(4)20-16(18-15)17(19-14-8-9-14)10-11(2)6-7-12(17)3/h11-12,14,19H,5-10H2,1-4H3. The first kappa shape index (κ1) is 14.5. The van der Waals surface area contributed by atoms with E-state index in [1.165, 1.54) is 47.7 Å². The minimum Gasteiger partial charge on any atom is -0.302 e. The normalized spacial score (nSPS) is 34.4. The minimum atomic E-state index is 0.154. The van der Waals surface area contributed by atoms with Crippen LogP contribution in [0.25, 0.3) is 0 Å². The van der Waals surface area contributed by atoms with Crippen LogP contribution in [0.4, 0.5) is 0 Å². The first-order valence-electron chi connectivity index (χ1n) is 8.29. The highest BCUT2D eigenvalue weighted by atomic mass is 32.1. The van der Waals surface area contributed by atoms with Gasteiger partial charge >= 0.3 is 0 Å². The maximum atomic E-state index is 5.05. The van der Waals surface area contributed by atoms with E-state index in [-0.39, 0.29) is 5.54 Å². The number of hydrogen-bond donors (Lipinski definition) is 1. The molecule has 0 radical (unpaired) electrons. The van der Waals surface area contributed by atoms with Crippen molar-refractivity contribution in [3.63, 3.8) is 0 Å². The third kappa shape index (κ3) is 2.55. The quantitative estimate of drug-likeness (QED) is 0.888. The van der Waals surface area contributed by atoms with Crippen LogP contribution in [0.5, 0.6) is 0 Å². The van der Waals surface area contributed by atoms with Gasteiger partial charge in [-0.25, -0.2) is 4.98 Å². The maximum absolute atomic E-state index is 5.05. The zero-order valence-electron chi connectivity index (χ0n) is 13.3. The summed E-state index contributed by atoms with van der Waals surface area (Å²) in [5.41, 5.74) is 1.47. The molecule has 2 aliphatic rings. The smallest absolute Gasteiger partial charge is 0.114 e. The summed E-state index contributed by atoms with van der Waals surface area (Å²) in [6.45, 7) is 9.31. The molecule has 1 N–H and O–H groups in total. The Hall–Kier alpha value is -0.410. The van der Waals surface area contributed by atoms with E-state index < -0.39 is 0 Å². The lowest BCUT2D eigenvalue weighted by Gasteiger charge is -2.45. The van der Waals surface area contributed by atoms with Crippen LogP contribution in [0.1, 0.15) is 68.5 Å². The van der Waals surface area contributed by atoms with E-state index >= 15 is 0 Å². The average Bonchev–Trinajstić information content (AvgIpc) is 3.14. The Morgan fingerprint density at radius 1 is 1.25 bits per heavy atom. The molecular formula is C17H28N2S. The SMILES string of the molecule is CCc1nc(C2(NC3CC3)CC(C)CCC2C)sc1C. The van der Waals surface area contributed by atoms with Crippen molar-refractivity contribution in [3.05, 3.63) is 15.6 Å². The number of nitrogens with zero attached hydrogens (tertiary/aromatic N) is 1. The van der Waals surface area contributed by atoms with E-state index in [2.05, 4.69) is 33.0 Å². The van der Waals surface area contributed by atoms with Crippen molar-refractivity contribution in [1.29, 1.82) is 0 Å². The van der Waals surface area contributed by atoms with Crippen LogP contribution < -0.4 is 5.32 Å². The van der Waals surface area contributed by atoms with Gasteiger partial charge in [0.15, 0.2) is 0 Å². The summed E-state index contributed by atoms with van der Waals surface area (Å²) >= 11 is 1.95. The van der Waals surface area contributed by atoms with Gasteiger partial charge in [-0.05, 0) is 50.9 Å². The molecule has 0 spiro atoms. The Balaban J connectivity index is 1.98. The lowest BCUT2D eigenvalue weighted by molar-refractivity contribution is 0.115. The molecule has 0 amide bonds. The van der Waals surface area contributed by atoms with Gasteiger partial charge in [0.2, 0.25) is 0 Å². The fraction of sp³-hybridized carbons (Fsp3) is 0.824. The predicted octanol–water partition coefficient (Wildman–Crippen LogP) is 4.42. The molecule has 0 aromatic carbocycles. The highest BCUT2D eigenvalue weighted by molar-refractivity contribution is 7.11. The summed E-state index contributed by atoms with van der Waals surface area (Å²) in [6.07, 6.45) is 7.75. The summed E-state index contributed by atoms with van der Waals surface area (Å²) in [7, 11) is 0. The third-order valence-corrected chi connectivity index (χ3v) is 6.44. The molecule has 0 saturated heterocycles. The number of hydrogen-bond acceptors (Lipinski definition) is 3. The Labute approximate surface area is 127 Å². The highest BCUT2D eigenvalue weighted by Gasteiger charge is 2.47. The van der Waals surface area contributed by atoms with Crippen molar-refractivity contribution >= 4 is 11.3 Å². The van der Waals surface area contributed by atoms with Gasteiger partial charge in [-0.2, -0.15) is 0 Å². The summed E-state index contributed by atoms with van der Waals surface area (Å²) in [4.78, 5) is 6.47. The van der Waals surface area contributed by atoms with Crippen LogP contribution in [0.2, 0.25) is 0 Å². The van der Waals surface area contributed by atoms with Crippen molar-refractivity contribution in [1.82, 2.24) is 10.3 Å². The van der Waals surface area contributed by atoms with Crippen molar-refractivity contribution < 1.29 is 0 Å². The van der Waals surface area contributed by atoms with Gasteiger partial charge in [-0.3, -0.25) is 0 Å². The monoisotopic (exact) mass is 292 g/mol. The molecular weight excluding hydrogens is 264 g/mol. The van der Waals surface area contributed by atoms with Crippen LogP contribution >= 0.6 is 11.3 Å². The molecule has 20 heavy (non-hydrogen) atoms. The topological polar surface area (TPSA) is 24.9 Å². The molecule has 2 fully saturated rings. The molecule has 112 valence electrons. The summed E-state index contributed by atoms with van der Waals surface area (Å²) < 4.78 is 0. The molecule has 2 aliphatic carbocycles. The molecule has 1 aromatic heterocycles. The molecule has 1 heterocycles. The molecule has 1 aromatic rings. The molecule has 3 rings (SSSR count). The fourth-order valence-corrected chi connectivity index (χ4v) is 5.01. The number of aromatic nitrogens is 1. The second kappa shape index (κ2) is 5.42. The minimum absolute atomic E-state index is 0.154. The Kier molecular flexibility index (Phi) is 3.93. The lowest BCUT2D eigenvalue weighted by Crippen LogP contribution is -2.52. The highest BCUT2D eigenvalue weighted by Crippen LogP contribution is 2.47. The van der Waals surface area contributed by atoms with E-state index in [4.69, 9.17) is 4.98 Å². The van der Waals surface area contributed by atoms with Crippen molar-refractivity contribution in [3.8, 4) is 0 Å². The second-order valence-corrected chi connectivity index (χ2v) is 8.26.